The summed E-state index contributed by atoms with van der Waals surface area (Å²) in [6.45, 7) is 0. The summed E-state index contributed by atoms with van der Waals surface area (Å²) in [5.41, 5.74) is 3.71. The Balaban J connectivity index is 2.00. The van der Waals surface area contributed by atoms with Crippen LogP contribution in [-0.2, 0) is 12.8 Å². The summed E-state index contributed by atoms with van der Waals surface area (Å²) in [4.78, 5) is 0. The molecule has 0 bridgehead atoms. The minimum Gasteiger partial charge on any atom is -0.384 e. The highest BCUT2D eigenvalue weighted by Gasteiger charge is 2.19. The molecule has 1 unspecified atom stereocenters. The lowest BCUT2D eigenvalue weighted by molar-refractivity contribution is 0.214. The second-order valence-corrected chi connectivity index (χ2v) is 5.78. The van der Waals surface area contributed by atoms with Gasteiger partial charge in [0.25, 0.3) is 0 Å². The number of aliphatic hydroxyl groups is 1. The fourth-order valence-electron chi connectivity index (χ4n) is 2.67. The van der Waals surface area contributed by atoms with Gasteiger partial charge in [-0.25, -0.2) is 4.39 Å². The number of aliphatic hydroxyl groups excluding tert-OH is 1. The first kappa shape index (κ1) is 12.8. The van der Waals surface area contributed by atoms with Gasteiger partial charge in [0.2, 0.25) is 0 Å². The summed E-state index contributed by atoms with van der Waals surface area (Å²) < 4.78 is 14.4. The Morgan fingerprint density at radius 1 is 1.11 bits per heavy atom. The largest absolute Gasteiger partial charge is 0.384 e. The fourth-order valence-corrected chi connectivity index (χ4v) is 3.05. The molecule has 1 N–H and O–H groups in total. The van der Waals surface area contributed by atoms with Crippen LogP contribution in [0.3, 0.4) is 0 Å². The van der Waals surface area contributed by atoms with Gasteiger partial charge in [0, 0.05) is 5.56 Å². The number of fused-ring (bicyclic) bond motifs is 1. The molecule has 0 aromatic heterocycles. The van der Waals surface area contributed by atoms with Gasteiger partial charge >= 0.3 is 0 Å². The van der Waals surface area contributed by atoms with Crippen LogP contribution < -0.4 is 0 Å². The number of halogens is 2. The van der Waals surface area contributed by atoms with Crippen LogP contribution in [0, 0.1) is 5.82 Å². The smallest absolute Gasteiger partial charge is 0.143 e. The van der Waals surface area contributed by atoms with Crippen LogP contribution in [0.1, 0.15) is 34.8 Å². The predicted octanol–water partition coefficient (Wildman–Crippen LogP) is 4.16. The van der Waals surface area contributed by atoms with Gasteiger partial charge in [-0.3, -0.25) is 0 Å². The minimum atomic E-state index is -0.914. The van der Waals surface area contributed by atoms with Gasteiger partial charge in [-0.05, 0) is 57.9 Å². The van der Waals surface area contributed by atoms with Crippen LogP contribution >= 0.6 is 15.9 Å². The van der Waals surface area contributed by atoms with E-state index in [9.17, 15) is 9.50 Å². The van der Waals surface area contributed by atoms with Crippen molar-refractivity contribution in [3.63, 3.8) is 0 Å². The second kappa shape index (κ2) is 5.06. The van der Waals surface area contributed by atoms with Crippen molar-refractivity contribution in [2.45, 2.75) is 25.4 Å². The molecule has 3 heteroatoms. The maximum absolute atomic E-state index is 14.0. The van der Waals surface area contributed by atoms with Gasteiger partial charge < -0.3 is 5.11 Å². The van der Waals surface area contributed by atoms with E-state index in [1.54, 1.807) is 18.2 Å². The lowest BCUT2D eigenvalue weighted by Gasteiger charge is -2.14. The SMILES string of the molecule is OC(c1ccc2c(c1)CCC2)c1cccc(Br)c1F. The van der Waals surface area contributed by atoms with Crippen LogP contribution in [0.25, 0.3) is 0 Å². The molecule has 98 valence electrons. The van der Waals surface area contributed by atoms with Crippen LogP contribution in [0.15, 0.2) is 40.9 Å². The van der Waals surface area contributed by atoms with Gasteiger partial charge in [-0.2, -0.15) is 0 Å². The normalized spacial score (nSPS) is 15.3. The monoisotopic (exact) mass is 320 g/mol. The number of hydrogen-bond acceptors (Lipinski definition) is 1. The van der Waals surface area contributed by atoms with Crippen LogP contribution in [0.5, 0.6) is 0 Å². The predicted molar refractivity (Wildman–Crippen MR) is 76.6 cm³/mol. The Morgan fingerprint density at radius 2 is 1.89 bits per heavy atom. The molecule has 1 aliphatic rings. The van der Waals surface area contributed by atoms with E-state index in [2.05, 4.69) is 22.0 Å². The van der Waals surface area contributed by atoms with Crippen LogP contribution in [0.4, 0.5) is 4.39 Å². The molecule has 0 saturated heterocycles. The minimum absolute atomic E-state index is 0.312. The van der Waals surface area contributed by atoms with Gasteiger partial charge in [0.1, 0.15) is 11.9 Å². The Morgan fingerprint density at radius 3 is 2.74 bits per heavy atom. The molecule has 1 nitrogen and oxygen atoms in total. The maximum atomic E-state index is 14.0. The highest BCUT2D eigenvalue weighted by atomic mass is 79.9. The van der Waals surface area contributed by atoms with Crippen molar-refractivity contribution in [1.82, 2.24) is 0 Å². The van der Waals surface area contributed by atoms with Crippen molar-refractivity contribution in [3.05, 3.63) is 68.9 Å². The van der Waals surface area contributed by atoms with E-state index in [4.69, 9.17) is 0 Å². The Kier molecular flexibility index (Phi) is 3.42. The molecule has 0 amide bonds. The molecule has 0 spiro atoms. The lowest BCUT2D eigenvalue weighted by Crippen LogP contribution is -2.03. The number of benzene rings is 2. The highest BCUT2D eigenvalue weighted by Crippen LogP contribution is 2.31. The zero-order valence-corrected chi connectivity index (χ0v) is 12.0. The van der Waals surface area contributed by atoms with Crippen LogP contribution in [0.2, 0.25) is 0 Å². The van der Waals surface area contributed by atoms with Gasteiger partial charge in [0.15, 0.2) is 0 Å². The average Bonchev–Trinajstić information content (AvgIpc) is 2.88. The molecule has 1 aliphatic carbocycles. The fraction of sp³-hybridized carbons (Fsp3) is 0.250. The van der Waals surface area contributed by atoms with Crippen molar-refractivity contribution >= 4 is 15.9 Å². The van der Waals surface area contributed by atoms with Crippen LogP contribution in [-0.4, -0.2) is 5.11 Å². The molecule has 0 fully saturated rings. The molecule has 2 aromatic rings. The van der Waals surface area contributed by atoms with E-state index >= 15 is 0 Å². The molecule has 0 radical (unpaired) electrons. The summed E-state index contributed by atoms with van der Waals surface area (Å²) in [7, 11) is 0. The molecule has 1 atom stereocenters. The van der Waals surface area contributed by atoms with E-state index in [1.165, 1.54) is 17.5 Å². The molecule has 0 aliphatic heterocycles. The molecular weight excluding hydrogens is 307 g/mol. The van der Waals surface area contributed by atoms with Crippen molar-refractivity contribution in [1.29, 1.82) is 0 Å². The maximum Gasteiger partial charge on any atom is 0.143 e. The molecule has 0 heterocycles. The third-order valence-electron chi connectivity index (χ3n) is 3.71. The lowest BCUT2D eigenvalue weighted by atomic mass is 9.97. The Labute approximate surface area is 120 Å². The third kappa shape index (κ3) is 2.33. The first-order valence-corrected chi connectivity index (χ1v) is 7.20. The molecule has 3 rings (SSSR count). The van der Waals surface area contributed by atoms with Crippen molar-refractivity contribution < 1.29 is 9.50 Å². The zero-order valence-electron chi connectivity index (χ0n) is 10.4. The third-order valence-corrected chi connectivity index (χ3v) is 4.33. The quantitative estimate of drug-likeness (QED) is 0.881. The summed E-state index contributed by atoms with van der Waals surface area (Å²) in [6.07, 6.45) is 2.41. The standard InChI is InChI=1S/C16H14BrFO/c17-14-6-2-5-13(15(14)18)16(19)12-8-7-10-3-1-4-11(10)9-12/h2,5-9,16,19H,1,3-4H2. The van der Waals surface area contributed by atoms with E-state index in [0.717, 1.165) is 18.4 Å². The van der Waals surface area contributed by atoms with Gasteiger partial charge in [-0.15, -0.1) is 0 Å². The molecule has 0 saturated carbocycles. The van der Waals surface area contributed by atoms with E-state index in [-0.39, 0.29) is 0 Å². The number of hydrogen-bond donors (Lipinski definition) is 1. The Bertz CT molecular complexity index is 624. The first-order valence-electron chi connectivity index (χ1n) is 6.40. The summed E-state index contributed by atoms with van der Waals surface area (Å²) >= 11 is 3.15. The second-order valence-electron chi connectivity index (χ2n) is 4.93. The number of aryl methyl sites for hydroxylation is 2. The van der Waals surface area contributed by atoms with Gasteiger partial charge in [0.05, 0.1) is 4.47 Å². The molecule has 2 aromatic carbocycles. The Hall–Kier alpha value is -1.19. The zero-order chi connectivity index (χ0) is 13.4. The van der Waals surface area contributed by atoms with Crippen molar-refractivity contribution in [3.8, 4) is 0 Å². The summed E-state index contributed by atoms with van der Waals surface area (Å²) in [5, 5.41) is 10.4. The topological polar surface area (TPSA) is 20.2 Å². The first-order chi connectivity index (χ1) is 9.16. The van der Waals surface area contributed by atoms with E-state index in [0.29, 0.717) is 10.0 Å². The average molecular weight is 321 g/mol. The number of rotatable bonds is 2. The van der Waals surface area contributed by atoms with E-state index in [1.807, 2.05) is 12.1 Å². The van der Waals surface area contributed by atoms with Crippen molar-refractivity contribution in [2.24, 2.45) is 0 Å². The summed E-state index contributed by atoms with van der Waals surface area (Å²) in [5.74, 6) is -0.393. The van der Waals surface area contributed by atoms with Gasteiger partial charge in [-0.1, -0.05) is 30.3 Å². The summed E-state index contributed by atoms with van der Waals surface area (Å²) in [6, 6.07) is 10.9. The highest BCUT2D eigenvalue weighted by molar-refractivity contribution is 9.10. The van der Waals surface area contributed by atoms with E-state index < -0.39 is 11.9 Å². The molecular formula is C16H14BrFO. The molecule has 19 heavy (non-hydrogen) atoms. The van der Waals surface area contributed by atoms with Crippen molar-refractivity contribution in [2.75, 3.05) is 0 Å².